The van der Waals surface area contributed by atoms with E-state index < -0.39 is 0 Å². The summed E-state index contributed by atoms with van der Waals surface area (Å²) in [6, 6.07) is 0.741. The van der Waals surface area contributed by atoms with E-state index in [0.717, 1.165) is 12.6 Å². The molecule has 1 aliphatic carbocycles. The van der Waals surface area contributed by atoms with E-state index in [9.17, 15) is 0 Å². The lowest BCUT2D eigenvalue weighted by Crippen LogP contribution is -2.39. The SMILES string of the molecule is CC(CNC1CCCCC1)OC(C)(C)C. The normalized spacial score (nSPS) is 21.6. The third kappa shape index (κ3) is 6.16. The van der Waals surface area contributed by atoms with Gasteiger partial charge in [-0.2, -0.15) is 0 Å². The molecule has 0 heterocycles. The minimum absolute atomic E-state index is 0.0202. The monoisotopic (exact) mass is 213 g/mol. The molecule has 1 rings (SSSR count). The van der Waals surface area contributed by atoms with Crippen LogP contribution in [-0.4, -0.2) is 24.3 Å². The molecule has 1 aliphatic rings. The van der Waals surface area contributed by atoms with Gasteiger partial charge in [-0.15, -0.1) is 0 Å². The lowest BCUT2D eigenvalue weighted by molar-refractivity contribution is -0.0510. The molecular weight excluding hydrogens is 186 g/mol. The quantitative estimate of drug-likeness (QED) is 0.775. The predicted molar refractivity (Wildman–Crippen MR) is 65.2 cm³/mol. The smallest absolute Gasteiger partial charge is 0.0678 e. The number of hydrogen-bond acceptors (Lipinski definition) is 2. The Bertz CT molecular complexity index is 168. The molecule has 2 nitrogen and oxygen atoms in total. The molecule has 0 saturated heterocycles. The molecule has 1 N–H and O–H groups in total. The van der Waals surface area contributed by atoms with Crippen molar-refractivity contribution < 1.29 is 4.74 Å². The summed E-state index contributed by atoms with van der Waals surface area (Å²) < 4.78 is 5.87. The van der Waals surface area contributed by atoms with Gasteiger partial charge in [-0.05, 0) is 40.5 Å². The molecule has 1 saturated carbocycles. The first kappa shape index (κ1) is 13.0. The fraction of sp³-hybridized carbons (Fsp3) is 1.00. The van der Waals surface area contributed by atoms with Gasteiger partial charge in [-0.1, -0.05) is 19.3 Å². The lowest BCUT2D eigenvalue weighted by atomic mass is 9.95. The van der Waals surface area contributed by atoms with Crippen LogP contribution in [0, 0.1) is 0 Å². The van der Waals surface area contributed by atoms with Crippen LogP contribution in [0.15, 0.2) is 0 Å². The van der Waals surface area contributed by atoms with Gasteiger partial charge in [0, 0.05) is 12.6 Å². The van der Waals surface area contributed by atoms with Gasteiger partial charge in [0.05, 0.1) is 11.7 Å². The van der Waals surface area contributed by atoms with E-state index in [2.05, 4.69) is 33.0 Å². The van der Waals surface area contributed by atoms with Gasteiger partial charge in [0.15, 0.2) is 0 Å². The molecule has 0 bridgehead atoms. The van der Waals surface area contributed by atoms with Gasteiger partial charge in [0.2, 0.25) is 0 Å². The number of nitrogens with one attached hydrogen (secondary N) is 1. The molecule has 2 heteroatoms. The number of ether oxygens (including phenoxy) is 1. The maximum Gasteiger partial charge on any atom is 0.0678 e. The average Bonchev–Trinajstić information content (AvgIpc) is 2.14. The molecule has 1 atom stereocenters. The largest absolute Gasteiger partial charge is 0.372 e. The van der Waals surface area contributed by atoms with E-state index in [0.29, 0.717) is 6.10 Å². The first-order chi connectivity index (χ1) is 6.97. The summed E-state index contributed by atoms with van der Waals surface area (Å²) in [6.07, 6.45) is 7.22. The fourth-order valence-corrected chi connectivity index (χ4v) is 2.28. The van der Waals surface area contributed by atoms with E-state index in [4.69, 9.17) is 4.74 Å². The summed E-state index contributed by atoms with van der Waals surface area (Å²) in [5.74, 6) is 0. The Morgan fingerprint density at radius 2 is 1.80 bits per heavy atom. The Morgan fingerprint density at radius 3 is 2.33 bits per heavy atom. The summed E-state index contributed by atoms with van der Waals surface area (Å²) in [4.78, 5) is 0. The first-order valence-corrected chi connectivity index (χ1v) is 6.38. The van der Waals surface area contributed by atoms with Crippen molar-refractivity contribution in [2.75, 3.05) is 6.54 Å². The van der Waals surface area contributed by atoms with Gasteiger partial charge in [-0.25, -0.2) is 0 Å². The highest BCUT2D eigenvalue weighted by atomic mass is 16.5. The maximum atomic E-state index is 5.87. The zero-order chi connectivity index (χ0) is 11.3. The second-order valence-corrected chi connectivity index (χ2v) is 5.78. The Balaban J connectivity index is 2.12. The van der Waals surface area contributed by atoms with Crippen LogP contribution in [0.2, 0.25) is 0 Å². The van der Waals surface area contributed by atoms with Crippen molar-refractivity contribution in [1.82, 2.24) is 5.32 Å². The van der Waals surface area contributed by atoms with Crippen molar-refractivity contribution >= 4 is 0 Å². The summed E-state index contributed by atoms with van der Waals surface area (Å²) in [7, 11) is 0. The molecule has 0 spiro atoms. The summed E-state index contributed by atoms with van der Waals surface area (Å²) in [5.41, 5.74) is -0.0202. The Kier molecular flexibility index (Phi) is 5.07. The van der Waals surface area contributed by atoms with Gasteiger partial charge in [0.1, 0.15) is 0 Å². The van der Waals surface area contributed by atoms with Crippen LogP contribution >= 0.6 is 0 Å². The fourth-order valence-electron chi connectivity index (χ4n) is 2.28. The number of rotatable bonds is 4. The van der Waals surface area contributed by atoms with Gasteiger partial charge in [0.25, 0.3) is 0 Å². The first-order valence-electron chi connectivity index (χ1n) is 6.38. The molecule has 1 unspecified atom stereocenters. The molecular formula is C13H27NO. The standard InChI is InChI=1S/C13H27NO/c1-11(15-13(2,3)4)10-14-12-8-6-5-7-9-12/h11-12,14H,5-10H2,1-4H3. The molecule has 15 heavy (non-hydrogen) atoms. The van der Waals surface area contributed by atoms with Crippen LogP contribution < -0.4 is 5.32 Å². The Labute approximate surface area is 94.8 Å². The number of hydrogen-bond donors (Lipinski definition) is 1. The van der Waals surface area contributed by atoms with E-state index in [-0.39, 0.29) is 5.60 Å². The van der Waals surface area contributed by atoms with Gasteiger partial charge >= 0.3 is 0 Å². The van der Waals surface area contributed by atoms with Crippen molar-refractivity contribution in [1.29, 1.82) is 0 Å². The molecule has 0 aliphatic heterocycles. The van der Waals surface area contributed by atoms with Crippen LogP contribution in [0.4, 0.5) is 0 Å². The Hall–Kier alpha value is -0.0800. The maximum absolute atomic E-state index is 5.87. The molecule has 90 valence electrons. The second kappa shape index (κ2) is 5.86. The van der Waals surface area contributed by atoms with E-state index >= 15 is 0 Å². The van der Waals surface area contributed by atoms with Crippen LogP contribution in [0.1, 0.15) is 59.8 Å². The molecule has 0 aromatic heterocycles. The molecule has 0 amide bonds. The molecule has 0 aromatic carbocycles. The molecule has 0 radical (unpaired) electrons. The summed E-state index contributed by atoms with van der Waals surface area (Å²) in [6.45, 7) is 9.49. The topological polar surface area (TPSA) is 21.3 Å². The van der Waals surface area contributed by atoms with E-state index in [1.807, 2.05) is 0 Å². The van der Waals surface area contributed by atoms with Crippen molar-refractivity contribution in [3.05, 3.63) is 0 Å². The van der Waals surface area contributed by atoms with Crippen LogP contribution in [-0.2, 0) is 4.74 Å². The van der Waals surface area contributed by atoms with Crippen LogP contribution in [0.5, 0.6) is 0 Å². The van der Waals surface area contributed by atoms with Crippen molar-refractivity contribution in [2.45, 2.75) is 77.5 Å². The van der Waals surface area contributed by atoms with E-state index in [1.165, 1.54) is 32.1 Å². The van der Waals surface area contributed by atoms with Gasteiger partial charge < -0.3 is 10.1 Å². The van der Waals surface area contributed by atoms with E-state index in [1.54, 1.807) is 0 Å². The highest BCUT2D eigenvalue weighted by Gasteiger charge is 2.17. The summed E-state index contributed by atoms with van der Waals surface area (Å²) >= 11 is 0. The van der Waals surface area contributed by atoms with Crippen molar-refractivity contribution in [2.24, 2.45) is 0 Å². The zero-order valence-electron chi connectivity index (χ0n) is 10.8. The third-order valence-corrected chi connectivity index (χ3v) is 2.85. The Morgan fingerprint density at radius 1 is 1.20 bits per heavy atom. The minimum Gasteiger partial charge on any atom is -0.372 e. The van der Waals surface area contributed by atoms with Crippen molar-refractivity contribution in [3.63, 3.8) is 0 Å². The predicted octanol–water partition coefficient (Wildman–Crippen LogP) is 3.11. The minimum atomic E-state index is -0.0202. The van der Waals surface area contributed by atoms with Crippen LogP contribution in [0.25, 0.3) is 0 Å². The molecule has 0 aromatic rings. The second-order valence-electron chi connectivity index (χ2n) is 5.78. The lowest BCUT2D eigenvalue weighted by Gasteiger charge is -2.28. The highest BCUT2D eigenvalue weighted by molar-refractivity contribution is 4.73. The highest BCUT2D eigenvalue weighted by Crippen LogP contribution is 2.17. The van der Waals surface area contributed by atoms with Crippen LogP contribution in [0.3, 0.4) is 0 Å². The zero-order valence-corrected chi connectivity index (χ0v) is 10.8. The van der Waals surface area contributed by atoms with Crippen molar-refractivity contribution in [3.8, 4) is 0 Å². The van der Waals surface area contributed by atoms with Gasteiger partial charge in [-0.3, -0.25) is 0 Å². The third-order valence-electron chi connectivity index (χ3n) is 2.85. The summed E-state index contributed by atoms with van der Waals surface area (Å²) in [5, 5.41) is 3.62. The average molecular weight is 213 g/mol. The molecule has 1 fully saturated rings.